The number of aliphatic hydroxyl groups is 1. The van der Waals surface area contributed by atoms with Crippen LogP contribution in [0.15, 0.2) is 22.8 Å². The monoisotopic (exact) mass is 286 g/mol. The van der Waals surface area contributed by atoms with Crippen molar-refractivity contribution in [2.24, 2.45) is 16.7 Å². The summed E-state index contributed by atoms with van der Waals surface area (Å²) in [5.41, 5.74) is 4.81. The Morgan fingerprint density at radius 1 is 1.19 bits per heavy atom. The van der Waals surface area contributed by atoms with Crippen LogP contribution >= 0.6 is 0 Å². The number of ketones is 1. The zero-order valence-electron chi connectivity index (χ0n) is 13.2. The minimum absolute atomic E-state index is 0.0747. The van der Waals surface area contributed by atoms with E-state index in [9.17, 15) is 9.90 Å². The van der Waals surface area contributed by atoms with Gasteiger partial charge in [0.1, 0.15) is 5.78 Å². The maximum atomic E-state index is 12.3. The summed E-state index contributed by atoms with van der Waals surface area (Å²) in [6, 6.07) is 0. The Kier molecular flexibility index (Phi) is 2.83. The number of carbonyl (C=O) groups is 1. The van der Waals surface area contributed by atoms with Crippen molar-refractivity contribution in [1.82, 2.24) is 0 Å². The molecule has 0 saturated heterocycles. The molecule has 0 aliphatic heterocycles. The molecule has 21 heavy (non-hydrogen) atoms. The second kappa shape index (κ2) is 4.32. The number of aliphatic hydroxyl groups excluding tert-OH is 1. The summed E-state index contributed by atoms with van der Waals surface area (Å²) in [7, 11) is 0. The minimum atomic E-state index is -0.145. The normalized spacial score (nSPS) is 45.9. The highest BCUT2D eigenvalue weighted by molar-refractivity contribution is 5.88. The molecule has 1 N–H and O–H groups in total. The van der Waals surface area contributed by atoms with Crippen LogP contribution in [0.1, 0.15) is 65.2 Å². The Morgan fingerprint density at radius 3 is 2.81 bits per heavy atom. The Morgan fingerprint density at radius 2 is 2.00 bits per heavy atom. The first-order chi connectivity index (χ1) is 9.95. The topological polar surface area (TPSA) is 37.3 Å². The molecule has 4 rings (SSSR count). The van der Waals surface area contributed by atoms with Crippen molar-refractivity contribution in [3.63, 3.8) is 0 Å². The molecule has 2 saturated carbocycles. The van der Waals surface area contributed by atoms with Crippen molar-refractivity contribution >= 4 is 5.78 Å². The lowest BCUT2D eigenvalue weighted by atomic mass is 9.55. The number of hydrogen-bond acceptors (Lipinski definition) is 2. The lowest BCUT2D eigenvalue weighted by molar-refractivity contribution is -0.126. The highest BCUT2D eigenvalue weighted by Crippen LogP contribution is 2.60. The van der Waals surface area contributed by atoms with E-state index in [0.29, 0.717) is 11.7 Å². The van der Waals surface area contributed by atoms with Crippen molar-refractivity contribution in [2.75, 3.05) is 0 Å². The number of rotatable bonds is 0. The smallest absolute Gasteiger partial charge is 0.139 e. The van der Waals surface area contributed by atoms with Crippen LogP contribution in [0, 0.1) is 16.7 Å². The molecule has 0 aromatic rings. The van der Waals surface area contributed by atoms with Crippen molar-refractivity contribution < 1.29 is 9.90 Å². The van der Waals surface area contributed by atoms with Crippen LogP contribution in [0.4, 0.5) is 0 Å². The number of fused-ring (bicyclic) bond motifs is 4. The van der Waals surface area contributed by atoms with E-state index in [2.05, 4.69) is 19.9 Å². The van der Waals surface area contributed by atoms with Crippen molar-refractivity contribution in [1.29, 1.82) is 0 Å². The van der Waals surface area contributed by atoms with Gasteiger partial charge in [0, 0.05) is 17.3 Å². The lowest BCUT2D eigenvalue weighted by Crippen LogP contribution is -2.41. The molecule has 0 radical (unpaired) electrons. The van der Waals surface area contributed by atoms with E-state index < -0.39 is 0 Å². The number of carbonyl (C=O) groups excluding carboxylic acids is 1. The molecule has 4 aliphatic rings. The van der Waals surface area contributed by atoms with E-state index in [-0.39, 0.29) is 16.9 Å². The fraction of sp³-hybridized carbons (Fsp3) is 0.737. The molecule has 0 aromatic carbocycles. The van der Waals surface area contributed by atoms with E-state index in [4.69, 9.17) is 0 Å². The average molecular weight is 286 g/mol. The first-order valence-electron chi connectivity index (χ1n) is 8.58. The molecular formula is C19H26O2. The molecule has 4 atom stereocenters. The van der Waals surface area contributed by atoms with E-state index in [1.165, 1.54) is 5.57 Å². The van der Waals surface area contributed by atoms with E-state index in [1.54, 1.807) is 11.1 Å². The van der Waals surface area contributed by atoms with Crippen LogP contribution < -0.4 is 0 Å². The van der Waals surface area contributed by atoms with Gasteiger partial charge in [-0.1, -0.05) is 36.6 Å². The lowest BCUT2D eigenvalue weighted by Gasteiger charge is -2.50. The molecule has 0 heterocycles. The molecule has 0 spiro atoms. The van der Waals surface area contributed by atoms with Gasteiger partial charge in [0.15, 0.2) is 0 Å². The SMILES string of the molecule is C[C@]12CC[C@H](O)CC1=CCC1=C2CC[C@]2(C)C(=O)CC[C@@H]12. The standard InChI is InChI=1S/C19H26O2/c1-18-9-7-13(20)11-12(18)3-4-14-15-5-6-17(21)19(15,2)10-8-16(14)18/h3,13,15,20H,4-11H2,1-2H3/t13-,15-,18-,19-/m0/s1. The Labute approximate surface area is 127 Å². The van der Waals surface area contributed by atoms with Crippen LogP contribution in [-0.4, -0.2) is 17.0 Å². The largest absolute Gasteiger partial charge is 0.393 e. The highest BCUT2D eigenvalue weighted by atomic mass is 16.3. The van der Waals surface area contributed by atoms with Gasteiger partial charge in [-0.3, -0.25) is 4.79 Å². The van der Waals surface area contributed by atoms with E-state index >= 15 is 0 Å². The van der Waals surface area contributed by atoms with Gasteiger partial charge in [-0.25, -0.2) is 0 Å². The number of hydrogen-bond donors (Lipinski definition) is 1. The van der Waals surface area contributed by atoms with Crippen molar-refractivity contribution in [3.8, 4) is 0 Å². The first-order valence-corrected chi connectivity index (χ1v) is 8.58. The number of Topliss-reactive ketones (excluding diaryl/α,β-unsaturated/α-hetero) is 1. The second-order valence-electron chi connectivity index (χ2n) is 8.10. The minimum Gasteiger partial charge on any atom is -0.393 e. The zero-order valence-corrected chi connectivity index (χ0v) is 13.2. The van der Waals surface area contributed by atoms with Gasteiger partial charge in [0.05, 0.1) is 6.10 Å². The third-order valence-corrected chi connectivity index (χ3v) is 7.15. The van der Waals surface area contributed by atoms with Crippen molar-refractivity contribution in [3.05, 3.63) is 22.8 Å². The maximum Gasteiger partial charge on any atom is 0.139 e. The Balaban J connectivity index is 1.76. The Bertz CT molecular complexity index is 570. The molecule has 4 aliphatic carbocycles. The van der Waals surface area contributed by atoms with Gasteiger partial charge in [-0.05, 0) is 50.9 Å². The molecule has 0 amide bonds. The van der Waals surface area contributed by atoms with Crippen LogP contribution in [0.25, 0.3) is 0 Å². The molecule has 114 valence electrons. The van der Waals surface area contributed by atoms with Gasteiger partial charge in [-0.15, -0.1) is 0 Å². The third-order valence-electron chi connectivity index (χ3n) is 7.15. The Hall–Kier alpha value is -0.890. The molecule has 2 fully saturated rings. The van der Waals surface area contributed by atoms with E-state index in [0.717, 1.165) is 51.4 Å². The molecule has 2 heteroatoms. The predicted octanol–water partition coefficient (Wildman–Crippen LogP) is 3.94. The fourth-order valence-electron chi connectivity index (χ4n) is 5.68. The molecular weight excluding hydrogens is 260 g/mol. The quantitative estimate of drug-likeness (QED) is 0.685. The first kappa shape index (κ1) is 13.8. The summed E-state index contributed by atoms with van der Waals surface area (Å²) in [6.07, 6.45) is 10.1. The highest BCUT2D eigenvalue weighted by Gasteiger charge is 2.53. The summed E-state index contributed by atoms with van der Waals surface area (Å²) >= 11 is 0. The zero-order chi connectivity index (χ0) is 14.8. The fourth-order valence-corrected chi connectivity index (χ4v) is 5.68. The molecule has 0 unspecified atom stereocenters. The van der Waals surface area contributed by atoms with Crippen LogP contribution in [-0.2, 0) is 4.79 Å². The third kappa shape index (κ3) is 1.72. The number of allylic oxidation sites excluding steroid dienone is 3. The second-order valence-corrected chi connectivity index (χ2v) is 8.10. The maximum absolute atomic E-state index is 12.3. The van der Waals surface area contributed by atoms with Crippen LogP contribution in [0.2, 0.25) is 0 Å². The van der Waals surface area contributed by atoms with Crippen LogP contribution in [0.3, 0.4) is 0 Å². The van der Waals surface area contributed by atoms with Gasteiger partial charge in [0.25, 0.3) is 0 Å². The molecule has 0 aromatic heterocycles. The summed E-state index contributed by atoms with van der Waals surface area (Å²) < 4.78 is 0. The summed E-state index contributed by atoms with van der Waals surface area (Å²) in [5, 5.41) is 9.98. The molecule has 2 nitrogen and oxygen atoms in total. The summed E-state index contributed by atoms with van der Waals surface area (Å²) in [4.78, 5) is 12.3. The van der Waals surface area contributed by atoms with Crippen molar-refractivity contribution in [2.45, 2.75) is 71.3 Å². The average Bonchev–Trinajstić information content (AvgIpc) is 2.76. The molecule has 0 bridgehead atoms. The van der Waals surface area contributed by atoms with Gasteiger partial charge < -0.3 is 5.11 Å². The summed E-state index contributed by atoms with van der Waals surface area (Å²) in [6.45, 7) is 4.60. The van der Waals surface area contributed by atoms with Gasteiger partial charge >= 0.3 is 0 Å². The predicted molar refractivity (Wildman–Crippen MR) is 82.8 cm³/mol. The summed E-state index contributed by atoms with van der Waals surface area (Å²) in [5.74, 6) is 0.994. The van der Waals surface area contributed by atoms with E-state index in [1.807, 2.05) is 0 Å². The van der Waals surface area contributed by atoms with Crippen LogP contribution in [0.5, 0.6) is 0 Å². The van der Waals surface area contributed by atoms with Gasteiger partial charge in [-0.2, -0.15) is 0 Å². The van der Waals surface area contributed by atoms with Gasteiger partial charge in [0.2, 0.25) is 0 Å².